The number of rotatable bonds is 6. The number of para-hydroxylation sites is 1. The Morgan fingerprint density at radius 2 is 1.65 bits per heavy atom. The van der Waals surface area contributed by atoms with Crippen LogP contribution in [-0.4, -0.2) is 45.3 Å². The molecule has 1 amide bonds. The Balaban J connectivity index is 2.23. The number of nitrogens with one attached hydrogen (secondary N) is 1. The predicted octanol–water partition coefficient (Wildman–Crippen LogP) is 2.37. The van der Waals surface area contributed by atoms with Crippen molar-refractivity contribution in [3.05, 3.63) is 59.7 Å². The minimum absolute atomic E-state index is 0.0889. The highest BCUT2D eigenvalue weighted by atomic mass is 32.2. The van der Waals surface area contributed by atoms with Crippen LogP contribution in [-0.2, 0) is 14.8 Å². The second kappa shape index (κ2) is 8.11. The van der Waals surface area contributed by atoms with E-state index in [1.165, 1.54) is 38.4 Å². The van der Waals surface area contributed by atoms with Gasteiger partial charge in [0, 0.05) is 19.7 Å². The van der Waals surface area contributed by atoms with Gasteiger partial charge in [0.1, 0.15) is 0 Å². The smallest absolute Gasteiger partial charge is 0.340 e. The van der Waals surface area contributed by atoms with Gasteiger partial charge in [-0.05, 0) is 43.3 Å². The molecule has 0 unspecified atom stereocenters. The van der Waals surface area contributed by atoms with Crippen LogP contribution in [0.25, 0.3) is 0 Å². The summed E-state index contributed by atoms with van der Waals surface area (Å²) < 4.78 is 30.2. The first kappa shape index (κ1) is 19.6. The minimum atomic E-state index is -3.56. The number of hydrogen-bond donors (Lipinski definition) is 1. The molecule has 0 aliphatic heterocycles. The van der Waals surface area contributed by atoms with Crippen molar-refractivity contribution in [2.75, 3.05) is 26.0 Å². The summed E-state index contributed by atoms with van der Waals surface area (Å²) in [5.74, 6) is -0.994. The van der Waals surface area contributed by atoms with Gasteiger partial charge in [-0.2, -0.15) is 0 Å². The molecule has 0 radical (unpaired) electrons. The maximum atomic E-state index is 12.4. The van der Waals surface area contributed by atoms with E-state index in [0.717, 1.165) is 4.31 Å². The molecule has 0 atom stereocenters. The van der Waals surface area contributed by atoms with Crippen LogP contribution < -0.4 is 5.32 Å². The van der Waals surface area contributed by atoms with E-state index >= 15 is 0 Å². The Labute approximate surface area is 152 Å². The van der Waals surface area contributed by atoms with Crippen LogP contribution in [0.1, 0.15) is 27.6 Å². The number of sulfonamides is 1. The molecule has 0 aliphatic carbocycles. The first-order chi connectivity index (χ1) is 12.3. The largest absolute Gasteiger partial charge is 0.462 e. The van der Waals surface area contributed by atoms with Crippen molar-refractivity contribution in [3.8, 4) is 0 Å². The van der Waals surface area contributed by atoms with Crippen LogP contribution in [0.5, 0.6) is 0 Å². The van der Waals surface area contributed by atoms with Crippen LogP contribution in [0.4, 0.5) is 5.69 Å². The first-order valence-corrected chi connectivity index (χ1v) is 9.31. The zero-order chi connectivity index (χ0) is 19.3. The fourth-order valence-electron chi connectivity index (χ4n) is 2.16. The number of hydrogen-bond acceptors (Lipinski definition) is 5. The molecule has 2 rings (SSSR count). The lowest BCUT2D eigenvalue weighted by Gasteiger charge is -2.12. The summed E-state index contributed by atoms with van der Waals surface area (Å²) in [6.07, 6.45) is 0. The number of ether oxygens (including phenoxy) is 1. The predicted molar refractivity (Wildman–Crippen MR) is 97.7 cm³/mol. The van der Waals surface area contributed by atoms with Crippen molar-refractivity contribution in [2.24, 2.45) is 0 Å². The van der Waals surface area contributed by atoms with E-state index < -0.39 is 21.9 Å². The second-order valence-corrected chi connectivity index (χ2v) is 7.68. The summed E-state index contributed by atoms with van der Waals surface area (Å²) in [6.45, 7) is 1.92. The standard InChI is InChI=1S/C18H20N2O5S/c1-4-25-18(22)15-7-5-6-8-16(15)19-17(21)13-9-11-14(12-10-13)26(23,24)20(2)3/h5-12H,4H2,1-3H3,(H,19,21). The lowest BCUT2D eigenvalue weighted by atomic mass is 10.1. The van der Waals surface area contributed by atoms with E-state index in [9.17, 15) is 18.0 Å². The van der Waals surface area contributed by atoms with Gasteiger partial charge in [0.25, 0.3) is 5.91 Å². The topological polar surface area (TPSA) is 92.8 Å². The quantitative estimate of drug-likeness (QED) is 0.782. The molecule has 0 aromatic heterocycles. The molecule has 26 heavy (non-hydrogen) atoms. The van der Waals surface area contributed by atoms with Crippen molar-refractivity contribution in [3.63, 3.8) is 0 Å². The van der Waals surface area contributed by atoms with Crippen LogP contribution in [0.15, 0.2) is 53.4 Å². The molecule has 0 aliphatic rings. The Bertz CT molecular complexity index is 905. The normalized spacial score (nSPS) is 11.2. The molecular weight excluding hydrogens is 356 g/mol. The fourth-order valence-corrected chi connectivity index (χ4v) is 3.06. The number of esters is 1. The molecule has 0 spiro atoms. The molecule has 0 saturated heterocycles. The van der Waals surface area contributed by atoms with E-state index in [2.05, 4.69) is 5.32 Å². The zero-order valence-electron chi connectivity index (χ0n) is 14.7. The Morgan fingerprint density at radius 1 is 1.04 bits per heavy atom. The van der Waals surface area contributed by atoms with Crippen molar-refractivity contribution < 1.29 is 22.7 Å². The van der Waals surface area contributed by atoms with Gasteiger partial charge in [0.2, 0.25) is 10.0 Å². The van der Waals surface area contributed by atoms with Gasteiger partial charge >= 0.3 is 5.97 Å². The Kier molecular flexibility index (Phi) is 6.12. The second-order valence-electron chi connectivity index (χ2n) is 5.53. The Hall–Kier alpha value is -2.71. The number of carbonyl (C=O) groups excluding carboxylic acids is 2. The average molecular weight is 376 g/mol. The third-order valence-corrected chi connectivity index (χ3v) is 5.40. The highest BCUT2D eigenvalue weighted by molar-refractivity contribution is 7.89. The molecular formula is C18H20N2O5S. The van der Waals surface area contributed by atoms with E-state index in [1.807, 2.05) is 0 Å². The fraction of sp³-hybridized carbons (Fsp3) is 0.222. The van der Waals surface area contributed by atoms with E-state index in [0.29, 0.717) is 5.69 Å². The summed E-state index contributed by atoms with van der Waals surface area (Å²) >= 11 is 0. The maximum absolute atomic E-state index is 12.4. The first-order valence-electron chi connectivity index (χ1n) is 7.87. The number of nitrogens with zero attached hydrogens (tertiary/aromatic N) is 1. The van der Waals surface area contributed by atoms with Gasteiger partial charge in [-0.3, -0.25) is 4.79 Å². The van der Waals surface area contributed by atoms with Crippen LogP contribution >= 0.6 is 0 Å². The summed E-state index contributed by atoms with van der Waals surface area (Å²) in [5, 5.41) is 2.65. The summed E-state index contributed by atoms with van der Waals surface area (Å²) in [6, 6.07) is 12.1. The van der Waals surface area contributed by atoms with Gasteiger partial charge in [0.15, 0.2) is 0 Å². The monoisotopic (exact) mass is 376 g/mol. The Morgan fingerprint density at radius 3 is 2.23 bits per heavy atom. The third-order valence-electron chi connectivity index (χ3n) is 3.57. The molecule has 0 fully saturated rings. The van der Waals surface area contributed by atoms with Gasteiger partial charge in [-0.25, -0.2) is 17.5 Å². The van der Waals surface area contributed by atoms with Gasteiger partial charge in [0.05, 0.1) is 22.8 Å². The molecule has 8 heteroatoms. The van der Waals surface area contributed by atoms with Crippen molar-refractivity contribution in [2.45, 2.75) is 11.8 Å². The maximum Gasteiger partial charge on any atom is 0.340 e. The number of carbonyl (C=O) groups is 2. The number of benzene rings is 2. The molecule has 138 valence electrons. The lowest BCUT2D eigenvalue weighted by Crippen LogP contribution is -2.22. The highest BCUT2D eigenvalue weighted by Gasteiger charge is 2.18. The van der Waals surface area contributed by atoms with Gasteiger partial charge in [-0.15, -0.1) is 0 Å². The van der Waals surface area contributed by atoms with Gasteiger partial charge < -0.3 is 10.1 Å². The van der Waals surface area contributed by atoms with Gasteiger partial charge in [-0.1, -0.05) is 12.1 Å². The summed E-state index contributed by atoms with van der Waals surface area (Å²) in [5.41, 5.74) is 0.830. The van der Waals surface area contributed by atoms with Crippen LogP contribution in [0.3, 0.4) is 0 Å². The molecule has 2 aromatic carbocycles. The number of amides is 1. The molecule has 0 bridgehead atoms. The van der Waals surface area contributed by atoms with E-state index in [1.54, 1.807) is 31.2 Å². The van der Waals surface area contributed by atoms with Crippen LogP contribution in [0, 0.1) is 0 Å². The van der Waals surface area contributed by atoms with Crippen molar-refractivity contribution in [1.82, 2.24) is 4.31 Å². The zero-order valence-corrected chi connectivity index (χ0v) is 15.5. The average Bonchev–Trinajstić information content (AvgIpc) is 2.62. The van der Waals surface area contributed by atoms with E-state index in [4.69, 9.17) is 4.74 Å². The third kappa shape index (κ3) is 4.27. The minimum Gasteiger partial charge on any atom is -0.462 e. The molecule has 0 saturated carbocycles. The summed E-state index contributed by atoms with van der Waals surface area (Å²) in [7, 11) is -0.696. The molecule has 1 N–H and O–H groups in total. The molecule has 7 nitrogen and oxygen atoms in total. The van der Waals surface area contributed by atoms with E-state index in [-0.39, 0.29) is 22.6 Å². The number of anilines is 1. The molecule has 0 heterocycles. The summed E-state index contributed by atoms with van der Waals surface area (Å²) in [4.78, 5) is 24.5. The van der Waals surface area contributed by atoms with Crippen molar-refractivity contribution >= 4 is 27.6 Å². The molecule has 2 aromatic rings. The van der Waals surface area contributed by atoms with Crippen LogP contribution in [0.2, 0.25) is 0 Å². The lowest BCUT2D eigenvalue weighted by molar-refractivity contribution is 0.0527. The van der Waals surface area contributed by atoms with Crippen molar-refractivity contribution in [1.29, 1.82) is 0 Å². The highest BCUT2D eigenvalue weighted by Crippen LogP contribution is 2.19. The SMILES string of the molecule is CCOC(=O)c1ccccc1NC(=O)c1ccc(S(=O)(=O)N(C)C)cc1.